The van der Waals surface area contributed by atoms with E-state index in [-0.39, 0.29) is 12.2 Å². The largest absolute Gasteiger partial charge is 0.379 e. The molecule has 2 fully saturated rings. The van der Waals surface area contributed by atoms with Gasteiger partial charge in [0.15, 0.2) is 0 Å². The lowest BCUT2D eigenvalue weighted by atomic mass is 10.1. The molecule has 0 radical (unpaired) electrons. The molecule has 5 heteroatoms. The molecule has 3 rings (SSSR count). The minimum absolute atomic E-state index is 0.258. The lowest BCUT2D eigenvalue weighted by molar-refractivity contribution is -0.106. The van der Waals surface area contributed by atoms with Gasteiger partial charge < -0.3 is 9.47 Å². The lowest BCUT2D eigenvalue weighted by Gasteiger charge is -2.38. The van der Waals surface area contributed by atoms with Crippen molar-refractivity contribution in [3.8, 4) is 0 Å². The van der Waals surface area contributed by atoms with Crippen LogP contribution in [0.4, 0.5) is 0 Å². The van der Waals surface area contributed by atoms with Crippen LogP contribution in [-0.2, 0) is 16.0 Å². The number of fused-ring (bicyclic) bond motifs is 1. The predicted molar refractivity (Wildman–Crippen MR) is 66.1 cm³/mol. The fourth-order valence-electron chi connectivity index (χ4n) is 2.95. The third kappa shape index (κ3) is 2.25. The predicted octanol–water partition coefficient (Wildman–Crippen LogP) is 1.52. The normalized spacial score (nSPS) is 33.8. The van der Waals surface area contributed by atoms with Crippen molar-refractivity contribution >= 4 is 11.3 Å². The number of thiazole rings is 1. The lowest BCUT2D eigenvalue weighted by Crippen LogP contribution is -2.51. The summed E-state index contributed by atoms with van der Waals surface area (Å²) in [5, 5.41) is 3.24. The van der Waals surface area contributed by atoms with E-state index in [1.807, 2.05) is 11.6 Å². The number of nitrogens with zero attached hydrogens (tertiary/aromatic N) is 2. The maximum Gasteiger partial charge on any atom is 0.107 e. The van der Waals surface area contributed by atoms with E-state index in [1.165, 1.54) is 11.4 Å². The Hall–Kier alpha value is -0.490. The number of morpholine rings is 1. The molecule has 4 nitrogen and oxygen atoms in total. The Morgan fingerprint density at radius 2 is 2.53 bits per heavy atom. The van der Waals surface area contributed by atoms with E-state index in [9.17, 15) is 0 Å². The molecule has 2 heterocycles. The molecule has 1 aromatic rings. The first-order chi connectivity index (χ1) is 8.38. The van der Waals surface area contributed by atoms with Crippen LogP contribution < -0.4 is 0 Å². The molecule has 17 heavy (non-hydrogen) atoms. The van der Waals surface area contributed by atoms with Gasteiger partial charge in [-0.05, 0) is 12.8 Å². The van der Waals surface area contributed by atoms with Crippen LogP contribution >= 0.6 is 11.3 Å². The second-order valence-electron chi connectivity index (χ2n) is 4.65. The summed E-state index contributed by atoms with van der Waals surface area (Å²) in [6, 6.07) is 0.512. The van der Waals surface area contributed by atoms with E-state index in [2.05, 4.69) is 9.88 Å². The third-order valence-electron chi connectivity index (χ3n) is 3.77. The van der Waals surface area contributed by atoms with Crippen LogP contribution in [0.2, 0.25) is 0 Å². The molecule has 1 aliphatic carbocycles. The highest BCUT2D eigenvalue weighted by Crippen LogP contribution is 2.32. The van der Waals surface area contributed by atoms with E-state index < -0.39 is 0 Å². The van der Waals surface area contributed by atoms with Gasteiger partial charge in [0.05, 0.1) is 25.4 Å². The fourth-order valence-corrected chi connectivity index (χ4v) is 3.59. The van der Waals surface area contributed by atoms with Crippen LogP contribution in [0.15, 0.2) is 11.6 Å². The average Bonchev–Trinajstić information content (AvgIpc) is 2.97. The monoisotopic (exact) mass is 254 g/mol. The standard InChI is InChI=1S/C12H18N2O2S/c1-15-10-3-2-9-12(10)16-6-5-14(9)8-11-13-4-7-17-11/h4,7,9-10,12H,2-3,5-6,8H2,1H3/t9-,10+,12+/m0/s1. The van der Waals surface area contributed by atoms with Crippen molar-refractivity contribution in [2.24, 2.45) is 0 Å². The fraction of sp³-hybridized carbons (Fsp3) is 0.750. The molecule has 2 aliphatic rings. The van der Waals surface area contributed by atoms with Crippen molar-refractivity contribution in [3.05, 3.63) is 16.6 Å². The van der Waals surface area contributed by atoms with Gasteiger partial charge in [0.25, 0.3) is 0 Å². The molecule has 94 valence electrons. The summed E-state index contributed by atoms with van der Waals surface area (Å²) in [7, 11) is 1.79. The molecule has 0 amide bonds. The average molecular weight is 254 g/mol. The van der Waals surface area contributed by atoms with Gasteiger partial charge in [0.2, 0.25) is 0 Å². The van der Waals surface area contributed by atoms with Crippen LogP contribution in [0.3, 0.4) is 0 Å². The van der Waals surface area contributed by atoms with Crippen molar-refractivity contribution < 1.29 is 9.47 Å². The summed E-state index contributed by atoms with van der Waals surface area (Å²) in [5.41, 5.74) is 0. The summed E-state index contributed by atoms with van der Waals surface area (Å²) >= 11 is 1.73. The number of ether oxygens (including phenoxy) is 2. The number of rotatable bonds is 3. The molecule has 0 unspecified atom stereocenters. The van der Waals surface area contributed by atoms with E-state index in [0.717, 1.165) is 26.1 Å². The zero-order valence-corrected chi connectivity index (χ0v) is 10.9. The van der Waals surface area contributed by atoms with Gasteiger partial charge in [0.1, 0.15) is 5.01 Å². The van der Waals surface area contributed by atoms with E-state index in [1.54, 1.807) is 18.4 Å². The van der Waals surface area contributed by atoms with Crippen molar-refractivity contribution in [2.45, 2.75) is 37.6 Å². The molecule has 1 saturated carbocycles. The maximum atomic E-state index is 5.87. The minimum Gasteiger partial charge on any atom is -0.379 e. The van der Waals surface area contributed by atoms with Gasteiger partial charge in [-0.15, -0.1) is 11.3 Å². The Bertz CT molecular complexity index is 357. The van der Waals surface area contributed by atoms with Gasteiger partial charge in [-0.25, -0.2) is 4.98 Å². The highest BCUT2D eigenvalue weighted by molar-refractivity contribution is 7.09. The Balaban J connectivity index is 1.69. The molecule has 3 atom stereocenters. The molecule has 0 bridgehead atoms. The van der Waals surface area contributed by atoms with E-state index >= 15 is 0 Å². The quantitative estimate of drug-likeness (QED) is 0.819. The highest BCUT2D eigenvalue weighted by atomic mass is 32.1. The first kappa shape index (κ1) is 11.6. The second-order valence-corrected chi connectivity index (χ2v) is 5.63. The van der Waals surface area contributed by atoms with Crippen molar-refractivity contribution in [1.82, 2.24) is 9.88 Å². The van der Waals surface area contributed by atoms with E-state index in [0.29, 0.717) is 6.04 Å². The second kappa shape index (κ2) is 5.02. The van der Waals surface area contributed by atoms with Crippen LogP contribution in [0.5, 0.6) is 0 Å². The van der Waals surface area contributed by atoms with Gasteiger partial charge in [0, 0.05) is 31.3 Å². The van der Waals surface area contributed by atoms with Gasteiger partial charge in [-0.2, -0.15) is 0 Å². The summed E-state index contributed by atoms with van der Waals surface area (Å²) in [4.78, 5) is 6.87. The molecule has 0 N–H and O–H groups in total. The molecular weight excluding hydrogens is 236 g/mol. The molecule has 0 spiro atoms. The third-order valence-corrected chi connectivity index (χ3v) is 4.54. The molecule has 0 aromatic carbocycles. The topological polar surface area (TPSA) is 34.6 Å². The number of hydrogen-bond acceptors (Lipinski definition) is 5. The molecule has 1 aliphatic heterocycles. The molecule has 1 saturated heterocycles. The number of aromatic nitrogens is 1. The van der Waals surface area contributed by atoms with Crippen molar-refractivity contribution in [1.29, 1.82) is 0 Å². The first-order valence-electron chi connectivity index (χ1n) is 6.15. The zero-order chi connectivity index (χ0) is 11.7. The Labute approximate surface area is 106 Å². The number of methoxy groups -OCH3 is 1. The minimum atomic E-state index is 0.258. The summed E-state index contributed by atoms with van der Waals surface area (Å²) in [5.74, 6) is 0. The van der Waals surface area contributed by atoms with Crippen LogP contribution in [-0.4, -0.2) is 48.4 Å². The Morgan fingerprint density at radius 3 is 3.29 bits per heavy atom. The summed E-state index contributed by atoms with van der Waals surface area (Å²) in [6.45, 7) is 2.78. The highest BCUT2D eigenvalue weighted by Gasteiger charge is 2.42. The maximum absolute atomic E-state index is 5.87. The zero-order valence-electron chi connectivity index (χ0n) is 10.0. The summed E-state index contributed by atoms with van der Waals surface area (Å²) < 4.78 is 11.4. The van der Waals surface area contributed by atoms with Crippen molar-refractivity contribution in [2.75, 3.05) is 20.3 Å². The Kier molecular flexibility index (Phi) is 3.42. The Morgan fingerprint density at radius 1 is 1.59 bits per heavy atom. The first-order valence-corrected chi connectivity index (χ1v) is 7.03. The molecular formula is C12H18N2O2S. The van der Waals surface area contributed by atoms with Crippen molar-refractivity contribution in [3.63, 3.8) is 0 Å². The number of hydrogen-bond donors (Lipinski definition) is 0. The SMILES string of the molecule is CO[C@@H]1CC[C@H]2[C@H]1OCCN2Cc1nccs1. The van der Waals surface area contributed by atoms with Crippen LogP contribution in [0, 0.1) is 0 Å². The van der Waals surface area contributed by atoms with Crippen LogP contribution in [0.25, 0.3) is 0 Å². The van der Waals surface area contributed by atoms with Gasteiger partial charge >= 0.3 is 0 Å². The smallest absolute Gasteiger partial charge is 0.107 e. The van der Waals surface area contributed by atoms with E-state index in [4.69, 9.17) is 9.47 Å². The van der Waals surface area contributed by atoms with Gasteiger partial charge in [-0.1, -0.05) is 0 Å². The summed E-state index contributed by atoms with van der Waals surface area (Å²) in [6.07, 6.45) is 4.70. The van der Waals surface area contributed by atoms with Gasteiger partial charge in [-0.3, -0.25) is 4.90 Å². The van der Waals surface area contributed by atoms with Crippen LogP contribution in [0.1, 0.15) is 17.8 Å². The molecule has 1 aromatic heterocycles.